The fourth-order valence-corrected chi connectivity index (χ4v) is 3.20. The number of hydrogen-bond donors (Lipinski definition) is 1. The number of nitrogens with zero attached hydrogens (tertiary/aromatic N) is 2. The molecule has 1 fully saturated rings. The number of nitrogens with two attached hydrogens (primary N) is 1. The van der Waals surface area contributed by atoms with E-state index in [1.54, 1.807) is 13.2 Å². The normalized spacial score (nSPS) is 14.3. The second kappa shape index (κ2) is 14.0. The van der Waals surface area contributed by atoms with Crippen molar-refractivity contribution in [2.24, 2.45) is 5.73 Å². The van der Waals surface area contributed by atoms with Crippen LogP contribution in [0.4, 0.5) is 4.39 Å². The van der Waals surface area contributed by atoms with Crippen LogP contribution >= 0.6 is 24.8 Å². The first-order chi connectivity index (χ1) is 12.1. The number of amides is 1. The van der Waals surface area contributed by atoms with Crippen molar-refractivity contribution in [3.63, 3.8) is 0 Å². The van der Waals surface area contributed by atoms with Crippen LogP contribution in [0.15, 0.2) is 18.2 Å². The lowest BCUT2D eigenvalue weighted by atomic mass is 10.1. The Bertz CT molecular complexity index is 556. The summed E-state index contributed by atoms with van der Waals surface area (Å²) >= 11 is 0. The van der Waals surface area contributed by atoms with Crippen molar-refractivity contribution in [1.29, 1.82) is 0 Å². The topological polar surface area (TPSA) is 58.8 Å². The predicted molar refractivity (Wildman–Crippen MR) is 111 cm³/mol. The minimum atomic E-state index is -0.251. The third-order valence-corrected chi connectivity index (χ3v) is 4.71. The molecule has 0 atom stereocenters. The fraction of sp³-hybridized carbons (Fsp3) is 0.632. The number of unbranched alkanes of at least 4 members (excludes halogenated alkanes) is 3. The van der Waals surface area contributed by atoms with Crippen molar-refractivity contribution >= 4 is 30.7 Å². The molecule has 5 nitrogen and oxygen atoms in total. The molecule has 0 aliphatic carbocycles. The number of hydrogen-bond acceptors (Lipinski definition) is 4. The van der Waals surface area contributed by atoms with Crippen LogP contribution < -0.4 is 10.5 Å². The highest BCUT2D eigenvalue weighted by molar-refractivity contribution is 5.85. The Morgan fingerprint density at radius 1 is 1.11 bits per heavy atom. The maximum atomic E-state index is 13.5. The zero-order valence-electron chi connectivity index (χ0n) is 16.0. The Hall–Kier alpha value is -1.08. The summed E-state index contributed by atoms with van der Waals surface area (Å²) in [5, 5.41) is 0. The van der Waals surface area contributed by atoms with Gasteiger partial charge in [0.1, 0.15) is 11.6 Å². The molecule has 1 aromatic rings. The Kier molecular flexibility index (Phi) is 13.4. The highest BCUT2D eigenvalue weighted by atomic mass is 35.5. The van der Waals surface area contributed by atoms with Crippen molar-refractivity contribution in [1.82, 2.24) is 9.80 Å². The molecule has 27 heavy (non-hydrogen) atoms. The summed E-state index contributed by atoms with van der Waals surface area (Å²) in [5.74, 6) is 0.701. The van der Waals surface area contributed by atoms with Crippen LogP contribution in [0.5, 0.6) is 5.75 Å². The minimum Gasteiger partial charge on any atom is -0.496 e. The van der Waals surface area contributed by atoms with Gasteiger partial charge in [-0.15, -0.1) is 24.8 Å². The van der Waals surface area contributed by atoms with Gasteiger partial charge in [0.25, 0.3) is 0 Å². The number of halogens is 3. The first-order valence-corrected chi connectivity index (χ1v) is 9.16. The van der Waals surface area contributed by atoms with E-state index >= 15 is 0 Å². The summed E-state index contributed by atoms with van der Waals surface area (Å²) in [7, 11) is 1.60. The summed E-state index contributed by atoms with van der Waals surface area (Å²) in [4.78, 5) is 16.4. The van der Waals surface area contributed by atoms with E-state index in [0.29, 0.717) is 18.7 Å². The van der Waals surface area contributed by atoms with Crippen LogP contribution in [0.25, 0.3) is 0 Å². The second-order valence-corrected chi connectivity index (χ2v) is 6.57. The molecule has 2 N–H and O–H groups in total. The molecule has 1 aliphatic rings. The average Bonchev–Trinajstić information content (AvgIpc) is 2.62. The van der Waals surface area contributed by atoms with E-state index in [2.05, 4.69) is 4.90 Å². The van der Waals surface area contributed by atoms with E-state index in [1.165, 1.54) is 12.1 Å². The van der Waals surface area contributed by atoms with Crippen molar-refractivity contribution in [2.45, 2.75) is 38.6 Å². The molecule has 2 rings (SSSR count). The largest absolute Gasteiger partial charge is 0.496 e. The molecular formula is C19H32Cl2FN3O2. The van der Waals surface area contributed by atoms with Gasteiger partial charge in [0.15, 0.2) is 0 Å². The van der Waals surface area contributed by atoms with Gasteiger partial charge in [0.05, 0.1) is 7.11 Å². The SMILES string of the molecule is COc1ccc(F)cc1CN1CCN(C(=O)CCCCCCN)CC1.Cl.Cl. The van der Waals surface area contributed by atoms with Gasteiger partial charge >= 0.3 is 0 Å². The maximum Gasteiger partial charge on any atom is 0.222 e. The number of methoxy groups -OCH3 is 1. The lowest BCUT2D eigenvalue weighted by molar-refractivity contribution is -0.133. The molecule has 156 valence electrons. The third kappa shape index (κ3) is 8.64. The number of carbonyl (C=O) groups excluding carboxylic acids is 1. The standard InChI is InChI=1S/C19H30FN3O2.2ClH/c1-25-18-8-7-17(20)14-16(18)15-22-10-12-23(13-11-22)19(24)6-4-2-3-5-9-21;;/h7-8,14H,2-6,9-13,15,21H2,1H3;2*1H. The monoisotopic (exact) mass is 423 g/mol. The quantitative estimate of drug-likeness (QED) is 0.619. The molecule has 0 aromatic heterocycles. The number of ether oxygens (including phenoxy) is 1. The van der Waals surface area contributed by atoms with Gasteiger partial charge in [0.2, 0.25) is 5.91 Å². The van der Waals surface area contributed by atoms with Crippen LogP contribution in [0, 0.1) is 5.82 Å². The number of rotatable bonds is 9. The van der Waals surface area contributed by atoms with Crippen LogP contribution in [-0.2, 0) is 11.3 Å². The smallest absolute Gasteiger partial charge is 0.222 e. The fourth-order valence-electron chi connectivity index (χ4n) is 3.20. The van der Waals surface area contributed by atoms with Gasteiger partial charge < -0.3 is 15.4 Å². The van der Waals surface area contributed by atoms with Gasteiger partial charge in [-0.1, -0.05) is 12.8 Å². The molecule has 1 saturated heterocycles. The Balaban J connectivity index is 0.00000338. The van der Waals surface area contributed by atoms with Gasteiger partial charge in [-0.25, -0.2) is 4.39 Å². The van der Waals surface area contributed by atoms with Crippen LogP contribution in [0.3, 0.4) is 0 Å². The third-order valence-electron chi connectivity index (χ3n) is 4.71. The van der Waals surface area contributed by atoms with E-state index in [4.69, 9.17) is 10.5 Å². The summed E-state index contributed by atoms with van der Waals surface area (Å²) in [6.45, 7) is 4.45. The van der Waals surface area contributed by atoms with Crippen LogP contribution in [-0.4, -0.2) is 55.5 Å². The summed E-state index contributed by atoms with van der Waals surface area (Å²) in [5.41, 5.74) is 6.32. The molecular weight excluding hydrogens is 392 g/mol. The van der Waals surface area contributed by atoms with E-state index in [1.807, 2.05) is 4.90 Å². The molecule has 0 radical (unpaired) electrons. The van der Waals surface area contributed by atoms with Crippen molar-refractivity contribution in [3.05, 3.63) is 29.6 Å². The lowest BCUT2D eigenvalue weighted by Gasteiger charge is -2.35. The summed E-state index contributed by atoms with van der Waals surface area (Å²) in [6.07, 6.45) is 4.79. The van der Waals surface area contributed by atoms with Gasteiger partial charge in [-0.3, -0.25) is 9.69 Å². The number of piperazine rings is 1. The number of carbonyl (C=O) groups is 1. The zero-order valence-corrected chi connectivity index (χ0v) is 17.6. The molecule has 8 heteroatoms. The summed E-state index contributed by atoms with van der Waals surface area (Å²) < 4.78 is 18.8. The van der Waals surface area contributed by atoms with Gasteiger partial charge in [-0.2, -0.15) is 0 Å². The lowest BCUT2D eigenvalue weighted by Crippen LogP contribution is -2.48. The van der Waals surface area contributed by atoms with Gasteiger partial charge in [0, 0.05) is 44.7 Å². The predicted octanol–water partition coefficient (Wildman–Crippen LogP) is 3.23. The van der Waals surface area contributed by atoms with Gasteiger partial charge in [-0.05, 0) is 37.6 Å². The van der Waals surface area contributed by atoms with Crippen molar-refractivity contribution in [2.75, 3.05) is 39.8 Å². The summed E-state index contributed by atoms with van der Waals surface area (Å²) in [6, 6.07) is 4.60. The molecule has 1 amide bonds. The molecule has 1 aromatic carbocycles. The first-order valence-electron chi connectivity index (χ1n) is 9.16. The molecule has 0 saturated carbocycles. The van der Waals surface area contributed by atoms with E-state index in [0.717, 1.165) is 64.0 Å². The second-order valence-electron chi connectivity index (χ2n) is 6.57. The number of benzene rings is 1. The molecule has 0 unspecified atom stereocenters. The van der Waals surface area contributed by atoms with E-state index in [-0.39, 0.29) is 36.5 Å². The van der Waals surface area contributed by atoms with Crippen molar-refractivity contribution in [3.8, 4) is 5.75 Å². The minimum absolute atomic E-state index is 0. The highest BCUT2D eigenvalue weighted by Crippen LogP contribution is 2.21. The van der Waals surface area contributed by atoms with Crippen LogP contribution in [0.2, 0.25) is 0 Å². The van der Waals surface area contributed by atoms with Crippen LogP contribution in [0.1, 0.15) is 37.7 Å². The first kappa shape index (κ1) is 25.9. The molecule has 0 bridgehead atoms. The Labute approximate surface area is 174 Å². The molecule has 1 aliphatic heterocycles. The zero-order chi connectivity index (χ0) is 18.1. The van der Waals surface area contributed by atoms with E-state index < -0.39 is 0 Å². The maximum absolute atomic E-state index is 13.5. The Morgan fingerprint density at radius 2 is 1.78 bits per heavy atom. The molecule has 1 heterocycles. The molecule has 0 spiro atoms. The Morgan fingerprint density at radius 3 is 2.41 bits per heavy atom. The van der Waals surface area contributed by atoms with Crippen molar-refractivity contribution < 1.29 is 13.9 Å². The average molecular weight is 424 g/mol. The highest BCUT2D eigenvalue weighted by Gasteiger charge is 2.21. The van der Waals surface area contributed by atoms with E-state index in [9.17, 15) is 9.18 Å².